The zero-order chi connectivity index (χ0) is 18.9. The highest BCUT2D eigenvalue weighted by Gasteiger charge is 2.28. The van der Waals surface area contributed by atoms with Gasteiger partial charge in [-0.15, -0.1) is 0 Å². The first kappa shape index (κ1) is 17.9. The lowest BCUT2D eigenvalue weighted by molar-refractivity contribution is -0.137. The van der Waals surface area contributed by atoms with Gasteiger partial charge in [-0.3, -0.25) is 9.59 Å². The van der Waals surface area contributed by atoms with Gasteiger partial charge in [0.25, 0.3) is 5.91 Å². The van der Waals surface area contributed by atoms with Crippen LogP contribution in [0.2, 0.25) is 0 Å². The number of rotatable bonds is 4. The molecule has 134 valence electrons. The number of ether oxygens (including phenoxy) is 1. The van der Waals surface area contributed by atoms with Crippen molar-refractivity contribution in [3.63, 3.8) is 0 Å². The summed E-state index contributed by atoms with van der Waals surface area (Å²) in [5, 5.41) is 2.75. The summed E-state index contributed by atoms with van der Waals surface area (Å²) in [6.45, 7) is 6.44. The number of nitrogens with one attached hydrogen (secondary N) is 1. The third-order valence-electron chi connectivity index (χ3n) is 4.96. The molecule has 26 heavy (non-hydrogen) atoms. The average Bonchev–Trinajstić information content (AvgIpc) is 2.61. The van der Waals surface area contributed by atoms with Gasteiger partial charge in [0.1, 0.15) is 0 Å². The molecule has 5 heteroatoms. The normalized spacial score (nSPS) is 13.8. The van der Waals surface area contributed by atoms with Gasteiger partial charge in [0, 0.05) is 5.56 Å². The van der Waals surface area contributed by atoms with Crippen LogP contribution in [-0.2, 0) is 21.4 Å². The second-order valence-electron chi connectivity index (χ2n) is 7.05. The summed E-state index contributed by atoms with van der Waals surface area (Å²) >= 11 is 0. The number of amides is 1. The summed E-state index contributed by atoms with van der Waals surface area (Å²) in [5.74, 6) is -1.63. The lowest BCUT2D eigenvalue weighted by atomic mass is 9.82. The molecule has 0 unspecified atom stereocenters. The highest BCUT2D eigenvalue weighted by molar-refractivity contribution is 6.11. The van der Waals surface area contributed by atoms with Crippen LogP contribution in [0.1, 0.15) is 59.0 Å². The average molecular weight is 351 g/mol. The van der Waals surface area contributed by atoms with Crippen LogP contribution in [0.5, 0.6) is 0 Å². The van der Waals surface area contributed by atoms with Crippen molar-refractivity contribution in [3.05, 3.63) is 64.7 Å². The fourth-order valence-corrected chi connectivity index (χ4v) is 2.91. The van der Waals surface area contributed by atoms with Crippen LogP contribution in [0.25, 0.3) is 0 Å². The SMILES string of the molecule is CCC(C)(C)c1ccc(C(=O)Nc2cccc3c2C(=O)OC(=O)C3)cc1. The van der Waals surface area contributed by atoms with E-state index in [2.05, 4.69) is 30.8 Å². The van der Waals surface area contributed by atoms with Crippen LogP contribution in [0.3, 0.4) is 0 Å². The van der Waals surface area contributed by atoms with Crippen LogP contribution in [0.15, 0.2) is 42.5 Å². The second kappa shape index (κ2) is 6.75. The number of esters is 2. The smallest absolute Gasteiger partial charge is 0.348 e. The van der Waals surface area contributed by atoms with Gasteiger partial charge in [-0.2, -0.15) is 0 Å². The van der Waals surface area contributed by atoms with Gasteiger partial charge in [-0.05, 0) is 41.2 Å². The van der Waals surface area contributed by atoms with Crippen molar-refractivity contribution in [3.8, 4) is 0 Å². The van der Waals surface area contributed by atoms with Crippen molar-refractivity contribution in [1.29, 1.82) is 0 Å². The first-order valence-electron chi connectivity index (χ1n) is 8.60. The first-order valence-corrected chi connectivity index (χ1v) is 8.60. The Hall–Kier alpha value is -2.95. The van der Waals surface area contributed by atoms with E-state index in [-0.39, 0.29) is 23.3 Å². The molecule has 0 fully saturated rings. The van der Waals surface area contributed by atoms with Gasteiger partial charge in [0.05, 0.1) is 17.7 Å². The lowest BCUT2D eigenvalue weighted by Gasteiger charge is -2.23. The molecule has 0 radical (unpaired) electrons. The van der Waals surface area contributed by atoms with Crippen LogP contribution in [0.4, 0.5) is 5.69 Å². The molecule has 2 aromatic rings. The van der Waals surface area contributed by atoms with Gasteiger partial charge in [-0.25, -0.2) is 4.79 Å². The fraction of sp³-hybridized carbons (Fsp3) is 0.286. The van der Waals surface area contributed by atoms with E-state index in [0.717, 1.165) is 12.0 Å². The molecular weight excluding hydrogens is 330 g/mol. The molecule has 0 atom stereocenters. The number of hydrogen-bond acceptors (Lipinski definition) is 4. The van der Waals surface area contributed by atoms with Gasteiger partial charge in [0.2, 0.25) is 0 Å². The standard InChI is InChI=1S/C21H21NO4/c1-4-21(2,3)15-10-8-13(9-11-15)19(24)22-16-7-5-6-14-12-17(23)26-20(25)18(14)16/h5-11H,4,12H2,1-3H3,(H,22,24). The van der Waals surface area contributed by atoms with E-state index < -0.39 is 11.9 Å². The topological polar surface area (TPSA) is 72.5 Å². The largest absolute Gasteiger partial charge is 0.389 e. The highest BCUT2D eigenvalue weighted by Crippen LogP contribution is 2.28. The van der Waals surface area contributed by atoms with Crippen molar-refractivity contribution in [2.75, 3.05) is 5.32 Å². The summed E-state index contributed by atoms with van der Waals surface area (Å²) in [5.41, 5.74) is 2.86. The summed E-state index contributed by atoms with van der Waals surface area (Å²) < 4.78 is 4.68. The van der Waals surface area contributed by atoms with Gasteiger partial charge < -0.3 is 10.1 Å². The number of fused-ring (bicyclic) bond motifs is 1. The molecule has 1 N–H and O–H groups in total. The molecule has 0 saturated carbocycles. The number of carbonyl (C=O) groups is 3. The highest BCUT2D eigenvalue weighted by atomic mass is 16.6. The Balaban J connectivity index is 1.84. The van der Waals surface area contributed by atoms with Crippen molar-refractivity contribution < 1.29 is 19.1 Å². The molecule has 1 amide bonds. The molecule has 1 aliphatic heterocycles. The molecule has 5 nitrogen and oxygen atoms in total. The minimum Gasteiger partial charge on any atom is -0.389 e. The Morgan fingerprint density at radius 3 is 2.46 bits per heavy atom. The Kier molecular flexibility index (Phi) is 4.64. The molecule has 0 saturated heterocycles. The monoisotopic (exact) mass is 351 g/mol. The Morgan fingerprint density at radius 2 is 1.81 bits per heavy atom. The van der Waals surface area contributed by atoms with Crippen molar-refractivity contribution >= 4 is 23.5 Å². The maximum absolute atomic E-state index is 12.6. The quantitative estimate of drug-likeness (QED) is 0.670. The van der Waals surface area contributed by atoms with Gasteiger partial charge in [0.15, 0.2) is 0 Å². The van der Waals surface area contributed by atoms with E-state index >= 15 is 0 Å². The third kappa shape index (κ3) is 3.38. The minimum atomic E-state index is -0.729. The Morgan fingerprint density at radius 1 is 1.12 bits per heavy atom. The molecule has 0 aliphatic carbocycles. The van der Waals surface area contributed by atoms with Gasteiger partial charge in [-0.1, -0.05) is 45.0 Å². The molecule has 3 rings (SSSR count). The predicted octanol–water partition coefficient (Wildman–Crippen LogP) is 3.87. The maximum Gasteiger partial charge on any atom is 0.348 e. The van der Waals surface area contributed by atoms with Crippen molar-refractivity contribution in [1.82, 2.24) is 0 Å². The van der Waals surface area contributed by atoms with E-state index in [1.165, 1.54) is 0 Å². The molecule has 1 heterocycles. The van der Waals surface area contributed by atoms with Crippen molar-refractivity contribution in [2.45, 2.75) is 39.0 Å². The number of carbonyl (C=O) groups excluding carboxylic acids is 3. The zero-order valence-corrected chi connectivity index (χ0v) is 15.1. The number of benzene rings is 2. The molecule has 0 aromatic heterocycles. The third-order valence-corrected chi connectivity index (χ3v) is 4.96. The summed E-state index contributed by atoms with van der Waals surface area (Å²) in [7, 11) is 0. The molecule has 0 spiro atoms. The second-order valence-corrected chi connectivity index (χ2v) is 7.05. The minimum absolute atomic E-state index is 0.0194. The molecule has 0 bridgehead atoms. The lowest BCUT2D eigenvalue weighted by Crippen LogP contribution is -2.25. The molecule has 1 aliphatic rings. The van der Waals surface area contributed by atoms with Crippen LogP contribution in [-0.4, -0.2) is 17.8 Å². The number of hydrogen-bond donors (Lipinski definition) is 1. The zero-order valence-electron chi connectivity index (χ0n) is 15.1. The van der Waals surface area contributed by atoms with Crippen LogP contribution in [0, 0.1) is 0 Å². The summed E-state index contributed by atoms with van der Waals surface area (Å²) in [6, 6.07) is 12.5. The van der Waals surface area contributed by atoms with Crippen molar-refractivity contribution in [2.24, 2.45) is 0 Å². The van der Waals surface area contributed by atoms with Gasteiger partial charge >= 0.3 is 11.9 Å². The van der Waals surface area contributed by atoms with E-state index in [1.54, 1.807) is 30.3 Å². The van der Waals surface area contributed by atoms with E-state index in [0.29, 0.717) is 16.8 Å². The van der Waals surface area contributed by atoms with Crippen LogP contribution >= 0.6 is 0 Å². The Labute approximate surface area is 152 Å². The summed E-state index contributed by atoms with van der Waals surface area (Å²) in [6.07, 6.45) is 1.01. The maximum atomic E-state index is 12.6. The predicted molar refractivity (Wildman–Crippen MR) is 98.3 cm³/mol. The fourth-order valence-electron chi connectivity index (χ4n) is 2.91. The Bertz CT molecular complexity index is 881. The summed E-state index contributed by atoms with van der Waals surface area (Å²) in [4.78, 5) is 36.0. The van der Waals surface area contributed by atoms with E-state index in [4.69, 9.17) is 0 Å². The first-order chi connectivity index (χ1) is 12.3. The number of cyclic esters (lactones) is 2. The molecular formula is C21H21NO4. The number of anilines is 1. The van der Waals surface area contributed by atoms with E-state index in [1.807, 2.05) is 12.1 Å². The molecule has 2 aromatic carbocycles. The van der Waals surface area contributed by atoms with Crippen LogP contribution < -0.4 is 5.32 Å². The van der Waals surface area contributed by atoms with E-state index in [9.17, 15) is 14.4 Å².